The molecule has 19 heavy (non-hydrogen) atoms. The molecule has 0 aromatic carbocycles. The molecule has 6 heteroatoms. The van der Waals surface area contributed by atoms with Crippen LogP contribution in [0.4, 0.5) is 0 Å². The summed E-state index contributed by atoms with van der Waals surface area (Å²) < 4.78 is 10.1. The van der Waals surface area contributed by atoms with E-state index in [1.54, 1.807) is 7.11 Å². The average molecular weight is 269 g/mol. The summed E-state index contributed by atoms with van der Waals surface area (Å²) in [6.45, 7) is 4.34. The maximum Gasteiger partial charge on any atom is 0.311 e. The Balaban J connectivity index is 2.77. The number of hydrogen-bond acceptors (Lipinski definition) is 4. The number of aliphatic carboxylic acids is 1. The predicted molar refractivity (Wildman–Crippen MR) is 68.0 cm³/mol. The molecule has 2 N–H and O–H groups in total. The van der Waals surface area contributed by atoms with Gasteiger partial charge in [-0.3, -0.25) is 9.59 Å². The first-order valence-corrected chi connectivity index (χ1v) is 6.03. The molecule has 0 aliphatic carbocycles. The lowest BCUT2D eigenvalue weighted by Crippen LogP contribution is -2.41. The second kappa shape index (κ2) is 6.94. The standard InChI is InChI=1S/C13H19NO5/c1-8(2)10(7-18-3)14-13(17)9-4-5-19-11(9)6-12(15)16/h4-5,8,10H,6-7H2,1-3H3,(H,14,17)(H,15,16). The summed E-state index contributed by atoms with van der Waals surface area (Å²) in [5.41, 5.74) is 0.254. The molecule has 1 rings (SSSR count). The largest absolute Gasteiger partial charge is 0.481 e. The van der Waals surface area contributed by atoms with E-state index in [4.69, 9.17) is 14.3 Å². The number of amides is 1. The van der Waals surface area contributed by atoms with E-state index in [9.17, 15) is 9.59 Å². The van der Waals surface area contributed by atoms with Crippen LogP contribution in [0.15, 0.2) is 16.7 Å². The van der Waals surface area contributed by atoms with Gasteiger partial charge in [-0.25, -0.2) is 0 Å². The summed E-state index contributed by atoms with van der Waals surface area (Å²) in [5, 5.41) is 11.6. The van der Waals surface area contributed by atoms with Crippen LogP contribution in [0.5, 0.6) is 0 Å². The Bertz CT molecular complexity index is 438. The Kier molecular flexibility index (Phi) is 5.57. The number of ether oxygens (including phenoxy) is 1. The molecular weight excluding hydrogens is 250 g/mol. The molecule has 6 nitrogen and oxygen atoms in total. The molecule has 1 atom stereocenters. The lowest BCUT2D eigenvalue weighted by atomic mass is 10.0. The quantitative estimate of drug-likeness (QED) is 0.779. The fraction of sp³-hybridized carbons (Fsp3) is 0.538. The van der Waals surface area contributed by atoms with Gasteiger partial charge in [-0.2, -0.15) is 0 Å². The zero-order chi connectivity index (χ0) is 14.4. The van der Waals surface area contributed by atoms with Gasteiger partial charge in [0.05, 0.1) is 24.5 Å². The van der Waals surface area contributed by atoms with Crippen LogP contribution < -0.4 is 5.32 Å². The molecule has 1 amide bonds. The second-order valence-electron chi connectivity index (χ2n) is 4.61. The zero-order valence-corrected chi connectivity index (χ0v) is 11.3. The van der Waals surface area contributed by atoms with E-state index >= 15 is 0 Å². The van der Waals surface area contributed by atoms with Crippen molar-refractivity contribution in [2.45, 2.75) is 26.3 Å². The van der Waals surface area contributed by atoms with E-state index in [0.717, 1.165) is 0 Å². The van der Waals surface area contributed by atoms with Crippen LogP contribution in [0, 0.1) is 5.92 Å². The Hall–Kier alpha value is -1.82. The van der Waals surface area contributed by atoms with Crippen molar-refractivity contribution in [1.29, 1.82) is 0 Å². The highest BCUT2D eigenvalue weighted by atomic mass is 16.5. The minimum Gasteiger partial charge on any atom is -0.481 e. The smallest absolute Gasteiger partial charge is 0.311 e. The molecule has 0 radical (unpaired) electrons. The maximum atomic E-state index is 12.1. The van der Waals surface area contributed by atoms with Crippen molar-refractivity contribution in [3.8, 4) is 0 Å². The first kappa shape index (κ1) is 15.2. The number of nitrogens with one attached hydrogen (secondary N) is 1. The number of rotatable bonds is 7. The number of carboxylic acids is 1. The normalized spacial score (nSPS) is 12.4. The molecule has 106 valence electrons. The Morgan fingerprint density at radius 2 is 2.16 bits per heavy atom. The summed E-state index contributed by atoms with van der Waals surface area (Å²) >= 11 is 0. The van der Waals surface area contributed by atoms with E-state index in [1.807, 2.05) is 13.8 Å². The van der Waals surface area contributed by atoms with Gasteiger partial charge in [-0.15, -0.1) is 0 Å². The number of hydrogen-bond donors (Lipinski definition) is 2. The summed E-state index contributed by atoms with van der Waals surface area (Å²) in [7, 11) is 1.56. The molecule has 0 aliphatic heterocycles. The van der Waals surface area contributed by atoms with Crippen LogP contribution in [0.2, 0.25) is 0 Å². The van der Waals surface area contributed by atoms with Gasteiger partial charge in [-0.05, 0) is 12.0 Å². The summed E-state index contributed by atoms with van der Waals surface area (Å²) in [4.78, 5) is 22.7. The molecule has 0 spiro atoms. The van der Waals surface area contributed by atoms with E-state index < -0.39 is 5.97 Å². The van der Waals surface area contributed by atoms with Crippen LogP contribution in [-0.4, -0.2) is 36.7 Å². The van der Waals surface area contributed by atoms with E-state index in [1.165, 1.54) is 12.3 Å². The fourth-order valence-corrected chi connectivity index (χ4v) is 1.64. The van der Waals surface area contributed by atoms with Crippen LogP contribution in [0.25, 0.3) is 0 Å². The molecule has 1 aromatic rings. The number of methoxy groups -OCH3 is 1. The monoisotopic (exact) mass is 269 g/mol. The fourth-order valence-electron chi connectivity index (χ4n) is 1.64. The van der Waals surface area contributed by atoms with Crippen LogP contribution >= 0.6 is 0 Å². The van der Waals surface area contributed by atoms with Crippen molar-refractivity contribution in [2.75, 3.05) is 13.7 Å². The molecule has 1 aromatic heterocycles. The predicted octanol–water partition coefficient (Wildman–Crippen LogP) is 1.31. The van der Waals surface area contributed by atoms with Crippen LogP contribution in [-0.2, 0) is 16.0 Å². The van der Waals surface area contributed by atoms with Crippen molar-refractivity contribution >= 4 is 11.9 Å². The maximum absolute atomic E-state index is 12.1. The third kappa shape index (κ3) is 4.40. The van der Waals surface area contributed by atoms with E-state index in [-0.39, 0.29) is 35.6 Å². The van der Waals surface area contributed by atoms with Crippen molar-refractivity contribution in [3.63, 3.8) is 0 Å². The lowest BCUT2D eigenvalue weighted by molar-refractivity contribution is -0.136. The first-order chi connectivity index (χ1) is 8.95. The third-order valence-corrected chi connectivity index (χ3v) is 2.77. The van der Waals surface area contributed by atoms with Gasteiger partial charge < -0.3 is 19.6 Å². The van der Waals surface area contributed by atoms with Crippen molar-refractivity contribution in [2.24, 2.45) is 5.92 Å². The third-order valence-electron chi connectivity index (χ3n) is 2.77. The molecule has 1 heterocycles. The number of carboxylic acid groups (broad SMARTS) is 1. The van der Waals surface area contributed by atoms with Gasteiger partial charge in [-0.1, -0.05) is 13.8 Å². The topological polar surface area (TPSA) is 88.8 Å². The van der Waals surface area contributed by atoms with Gasteiger partial charge >= 0.3 is 5.97 Å². The van der Waals surface area contributed by atoms with Crippen molar-refractivity contribution in [3.05, 3.63) is 23.7 Å². The van der Waals surface area contributed by atoms with Crippen molar-refractivity contribution < 1.29 is 23.8 Å². The molecule has 1 unspecified atom stereocenters. The molecular formula is C13H19NO5. The summed E-state index contributed by atoms with van der Waals surface area (Å²) in [6.07, 6.45) is 1.00. The number of furan rings is 1. The molecule has 0 fully saturated rings. The zero-order valence-electron chi connectivity index (χ0n) is 11.3. The molecule has 0 aliphatic rings. The highest BCUT2D eigenvalue weighted by Crippen LogP contribution is 2.13. The first-order valence-electron chi connectivity index (χ1n) is 6.03. The minimum absolute atomic E-state index is 0.134. The lowest BCUT2D eigenvalue weighted by Gasteiger charge is -2.21. The molecule has 0 saturated heterocycles. The minimum atomic E-state index is -1.04. The van der Waals surface area contributed by atoms with Gasteiger partial charge in [0, 0.05) is 7.11 Å². The number of carbonyl (C=O) groups excluding carboxylic acids is 1. The van der Waals surface area contributed by atoms with Crippen LogP contribution in [0.1, 0.15) is 30.0 Å². The van der Waals surface area contributed by atoms with Gasteiger partial charge in [0.25, 0.3) is 5.91 Å². The van der Waals surface area contributed by atoms with Gasteiger partial charge in [0.2, 0.25) is 0 Å². The Labute approximate surface area is 111 Å². The average Bonchev–Trinajstić information content (AvgIpc) is 2.75. The summed E-state index contributed by atoms with van der Waals surface area (Å²) in [6, 6.07) is 1.34. The van der Waals surface area contributed by atoms with Crippen LogP contribution in [0.3, 0.4) is 0 Å². The molecule has 0 saturated carbocycles. The van der Waals surface area contributed by atoms with Gasteiger partial charge in [0.15, 0.2) is 0 Å². The van der Waals surface area contributed by atoms with Crippen molar-refractivity contribution in [1.82, 2.24) is 5.32 Å². The summed E-state index contributed by atoms with van der Waals surface area (Å²) in [5.74, 6) is -1.02. The Morgan fingerprint density at radius 1 is 1.47 bits per heavy atom. The molecule has 0 bridgehead atoms. The highest BCUT2D eigenvalue weighted by molar-refractivity contribution is 5.96. The van der Waals surface area contributed by atoms with E-state index in [0.29, 0.717) is 6.61 Å². The second-order valence-corrected chi connectivity index (χ2v) is 4.61. The number of carbonyl (C=O) groups is 2. The highest BCUT2D eigenvalue weighted by Gasteiger charge is 2.21. The Morgan fingerprint density at radius 3 is 2.68 bits per heavy atom. The van der Waals surface area contributed by atoms with E-state index in [2.05, 4.69) is 5.32 Å². The SMILES string of the molecule is COCC(NC(=O)c1ccoc1CC(=O)O)C(C)C. The van der Waals surface area contributed by atoms with Gasteiger partial charge in [0.1, 0.15) is 12.2 Å².